The Kier molecular flexibility index (Phi) is 16.6. The minimum atomic E-state index is -1.04. The minimum Gasteiger partial charge on any atom is -0.455 e. The summed E-state index contributed by atoms with van der Waals surface area (Å²) in [6.07, 6.45) is -1.24. The lowest BCUT2D eigenvalue weighted by Gasteiger charge is -2.26. The van der Waals surface area contributed by atoms with E-state index in [0.717, 1.165) is 0 Å². The van der Waals surface area contributed by atoms with Crippen molar-refractivity contribution in [3.05, 3.63) is 111 Å². The molecular formula is C50H48N12O8S6. The van der Waals surface area contributed by atoms with Gasteiger partial charge in [0.2, 0.25) is 11.8 Å². The Morgan fingerprint density at radius 2 is 1.46 bits per heavy atom. The normalized spacial score (nSPS) is 16.9. The molecule has 0 saturated heterocycles. The number of hydrogen-bond acceptors (Lipinski definition) is 22. The van der Waals surface area contributed by atoms with Crippen molar-refractivity contribution in [1.82, 2.24) is 56.2 Å². The molecule has 76 heavy (non-hydrogen) atoms. The molecule has 0 radical (unpaired) electrons. The molecule has 4 amide bonds. The highest BCUT2D eigenvalue weighted by Crippen LogP contribution is 2.41. The predicted octanol–water partition coefficient (Wildman–Crippen LogP) is 8.35. The van der Waals surface area contributed by atoms with E-state index in [1.54, 1.807) is 53.4 Å². The molecule has 20 nitrogen and oxygen atoms in total. The van der Waals surface area contributed by atoms with E-state index in [4.69, 9.17) is 45.1 Å². The fourth-order valence-corrected chi connectivity index (χ4v) is 13.7. The van der Waals surface area contributed by atoms with E-state index >= 15 is 0 Å². The van der Waals surface area contributed by atoms with E-state index < -0.39 is 54.3 Å². The van der Waals surface area contributed by atoms with E-state index in [9.17, 15) is 28.8 Å². The lowest BCUT2D eigenvalue weighted by Crippen LogP contribution is -2.41. The van der Waals surface area contributed by atoms with Gasteiger partial charge in [-0.2, -0.15) is 0 Å². The first kappa shape index (κ1) is 53.7. The largest absolute Gasteiger partial charge is 0.455 e. The number of carbonyl (C=O) groups excluding carboxylic acids is 6. The van der Waals surface area contributed by atoms with E-state index in [1.807, 2.05) is 31.4 Å². The van der Waals surface area contributed by atoms with Gasteiger partial charge in [-0.25, -0.2) is 34.9 Å². The highest BCUT2D eigenvalue weighted by molar-refractivity contribution is 7.15. The van der Waals surface area contributed by atoms with Gasteiger partial charge in [-0.05, 0) is 30.5 Å². The molecule has 0 unspecified atom stereocenters. The molecule has 10 bridgehead atoms. The lowest BCUT2D eigenvalue weighted by molar-refractivity contribution is -0.149. The van der Waals surface area contributed by atoms with Crippen LogP contribution in [0.25, 0.3) is 43.4 Å². The lowest BCUT2D eigenvalue weighted by atomic mass is 9.90. The second-order valence-corrected chi connectivity index (χ2v) is 23.4. The van der Waals surface area contributed by atoms with Crippen LogP contribution in [-0.4, -0.2) is 91.0 Å². The molecule has 1 aliphatic heterocycles. The Hall–Kier alpha value is -7.07. The molecule has 26 heteroatoms. The maximum atomic E-state index is 14.3. The van der Waals surface area contributed by atoms with Crippen LogP contribution < -0.4 is 27.0 Å². The third-order valence-corrected chi connectivity index (χ3v) is 17.7. The molecule has 1 aromatic carbocycles. The highest BCUT2D eigenvalue weighted by Gasteiger charge is 2.34. The number of thiazole rings is 6. The number of methoxy groups -OCH3 is 1. The number of Topliss-reactive ketones (excluding diaryl/α,β-unsaturated/α-hetero) is 1. The molecule has 4 atom stereocenters. The zero-order chi connectivity index (χ0) is 53.8. The summed E-state index contributed by atoms with van der Waals surface area (Å²) in [7, 11) is 2.98. The predicted molar refractivity (Wildman–Crippen MR) is 292 cm³/mol. The summed E-state index contributed by atoms with van der Waals surface area (Å²) in [5.74, 6) is -3.35. The van der Waals surface area contributed by atoms with Crippen molar-refractivity contribution < 1.29 is 38.2 Å². The number of carbonyl (C=O) groups is 6. The minimum absolute atomic E-state index is 0.0260. The van der Waals surface area contributed by atoms with Crippen LogP contribution in [0.3, 0.4) is 0 Å². The molecule has 0 aliphatic carbocycles. The molecule has 392 valence electrons. The number of aromatic nitrogens is 7. The average molecular weight is 1140 g/mol. The van der Waals surface area contributed by atoms with Crippen molar-refractivity contribution in [3.63, 3.8) is 0 Å². The quantitative estimate of drug-likeness (QED) is 0.0849. The zero-order valence-electron chi connectivity index (χ0n) is 41.5. The summed E-state index contributed by atoms with van der Waals surface area (Å²) in [6, 6.07) is 10.6. The summed E-state index contributed by atoms with van der Waals surface area (Å²) < 4.78 is 11.4. The Morgan fingerprint density at radius 3 is 2.18 bits per heavy atom. The fourth-order valence-electron chi connectivity index (χ4n) is 8.15. The SMILES string of the molecule is CNC(=O)C[C@@H]1NC(=O)c2csc(n2)-c2ccc(-c3nc(N)cs3)nc2-c2csc(n2)-c2csc(n2)[C@H]([C@@H](OC(C)=O)c2ccccc2)NC(=O)CNC(=O)c2nc(sc2COC)[C@H](C(C)C)CC(=O)c2nc1sc2C. The summed E-state index contributed by atoms with van der Waals surface area (Å²) in [6.45, 7) is 6.46. The molecule has 7 aromatic heterocycles. The second-order valence-electron chi connectivity index (χ2n) is 17.6. The second kappa shape index (κ2) is 23.4. The van der Waals surface area contributed by atoms with Gasteiger partial charge in [0.25, 0.3) is 11.8 Å². The van der Waals surface area contributed by atoms with Crippen LogP contribution in [0.2, 0.25) is 0 Å². The third-order valence-electron chi connectivity index (χ3n) is 11.9. The molecule has 0 spiro atoms. The number of ketones is 1. The maximum Gasteiger partial charge on any atom is 0.303 e. The molecule has 6 N–H and O–H groups in total. The van der Waals surface area contributed by atoms with Crippen LogP contribution in [0.5, 0.6) is 0 Å². The first-order valence-electron chi connectivity index (χ1n) is 23.5. The number of fused-ring (bicyclic) bond motifs is 14. The molecule has 8 heterocycles. The van der Waals surface area contributed by atoms with Gasteiger partial charge in [0.15, 0.2) is 11.9 Å². The number of benzene rings is 1. The number of nitrogens with two attached hydrogens (primary N) is 1. The zero-order valence-corrected chi connectivity index (χ0v) is 46.4. The number of rotatable bonds is 9. The molecular weight excluding hydrogens is 1090 g/mol. The number of esters is 1. The van der Waals surface area contributed by atoms with Crippen LogP contribution in [-0.2, 0) is 30.5 Å². The monoisotopic (exact) mass is 1140 g/mol. The van der Waals surface area contributed by atoms with E-state index in [0.29, 0.717) is 79.5 Å². The van der Waals surface area contributed by atoms with E-state index in [-0.39, 0.29) is 54.1 Å². The Balaban J connectivity index is 1.15. The average Bonchev–Trinajstić information content (AvgIpc) is 4.28. The van der Waals surface area contributed by atoms with Gasteiger partial charge in [0.1, 0.15) is 71.1 Å². The molecule has 8 aromatic rings. The number of nitrogen functional groups attached to an aromatic ring is 1. The van der Waals surface area contributed by atoms with Gasteiger partial charge in [0.05, 0.1) is 41.2 Å². The highest BCUT2D eigenvalue weighted by atomic mass is 32.1. The number of nitrogens with one attached hydrogen (secondary N) is 4. The number of amides is 4. The topological polar surface area (TPSA) is 285 Å². The Bertz CT molecular complexity index is 3470. The van der Waals surface area contributed by atoms with Crippen molar-refractivity contribution in [1.29, 1.82) is 0 Å². The third kappa shape index (κ3) is 12.0. The van der Waals surface area contributed by atoms with Gasteiger partial charge in [-0.15, -0.1) is 68.0 Å². The molecule has 0 fully saturated rings. The Labute approximate surface area is 459 Å². The van der Waals surface area contributed by atoms with Gasteiger partial charge < -0.3 is 36.5 Å². The number of aryl methyl sites for hydroxylation is 1. The van der Waals surface area contributed by atoms with Crippen LogP contribution in [0.4, 0.5) is 5.82 Å². The van der Waals surface area contributed by atoms with Crippen LogP contribution in [0.1, 0.15) is 120 Å². The first-order valence-corrected chi connectivity index (χ1v) is 28.6. The van der Waals surface area contributed by atoms with Crippen LogP contribution in [0.15, 0.2) is 64.0 Å². The summed E-state index contributed by atoms with van der Waals surface area (Å²) in [5, 5.41) is 20.9. The van der Waals surface area contributed by atoms with Crippen molar-refractivity contribution in [2.24, 2.45) is 5.92 Å². The smallest absolute Gasteiger partial charge is 0.303 e. The summed E-state index contributed by atoms with van der Waals surface area (Å²) in [4.78, 5) is 117. The standard InChI is InChI=1S/C50H48N12O8S6/c1-22(2)27-14-33(64)38-23(3)75-49(61-38)29(15-36(65)52-5)55-43(67)31-19-71-45(57-31)26-12-13-28(47-59-35(51)21-74-47)54-39(26)30-18-72-48(56-30)32-20-73-50(58-32)41(42(70-24(4)63)25-10-8-7-9-11-25)60-37(66)16-53-44(68)40-34(17-69-6)76-46(27)62-40/h7-13,18-22,27,29,41-42H,14-17,51H2,1-6H3,(H,52,65)(H,53,68)(H,55,67)(H,60,66)/t27-,29-,41-,42-/m0/s1. The maximum absolute atomic E-state index is 14.3. The van der Waals surface area contributed by atoms with Crippen molar-refractivity contribution >= 4 is 109 Å². The van der Waals surface area contributed by atoms with E-state index in [1.165, 1.54) is 89.1 Å². The van der Waals surface area contributed by atoms with Crippen molar-refractivity contribution in [2.45, 2.75) is 71.2 Å². The summed E-state index contributed by atoms with van der Waals surface area (Å²) >= 11 is 7.48. The first-order chi connectivity index (χ1) is 36.6. The van der Waals surface area contributed by atoms with Crippen molar-refractivity contribution in [2.75, 3.05) is 26.4 Å². The van der Waals surface area contributed by atoms with E-state index in [2.05, 4.69) is 26.3 Å². The number of anilines is 1. The molecule has 0 saturated carbocycles. The van der Waals surface area contributed by atoms with Crippen LogP contribution >= 0.6 is 68.0 Å². The number of ether oxygens (including phenoxy) is 2. The van der Waals surface area contributed by atoms with Gasteiger partial charge in [-0.3, -0.25) is 28.8 Å². The molecule has 1 aliphatic rings. The van der Waals surface area contributed by atoms with Gasteiger partial charge in [-0.1, -0.05) is 44.2 Å². The van der Waals surface area contributed by atoms with Gasteiger partial charge >= 0.3 is 5.97 Å². The summed E-state index contributed by atoms with van der Waals surface area (Å²) in [5.41, 5.74) is 9.32. The number of pyridine rings is 1. The van der Waals surface area contributed by atoms with Crippen molar-refractivity contribution in [3.8, 4) is 43.4 Å². The fraction of sp³-hybridized carbons (Fsp3) is 0.300. The Morgan fingerprint density at radius 1 is 0.750 bits per heavy atom. The van der Waals surface area contributed by atoms with Gasteiger partial charge in [0, 0.05) is 65.4 Å². The number of hydrogen-bond donors (Lipinski definition) is 5. The number of nitrogens with zero attached hydrogens (tertiary/aromatic N) is 7. The van der Waals surface area contributed by atoms with Crippen LogP contribution in [0, 0.1) is 12.8 Å². The molecule has 9 rings (SSSR count).